The highest BCUT2D eigenvalue weighted by atomic mass is 15.3. The number of nitrogens with one attached hydrogen (secondary N) is 2. The first-order valence-corrected chi connectivity index (χ1v) is 7.93. The van der Waals surface area contributed by atoms with Gasteiger partial charge in [-0.3, -0.25) is 0 Å². The van der Waals surface area contributed by atoms with Gasteiger partial charge in [0.15, 0.2) is 5.82 Å². The van der Waals surface area contributed by atoms with Gasteiger partial charge in [-0.05, 0) is 43.5 Å². The molecule has 0 atom stereocenters. The van der Waals surface area contributed by atoms with Crippen molar-refractivity contribution in [1.82, 2.24) is 15.2 Å². The van der Waals surface area contributed by atoms with E-state index in [4.69, 9.17) is 0 Å². The van der Waals surface area contributed by atoms with E-state index in [9.17, 15) is 0 Å². The minimum absolute atomic E-state index is 0.484. The van der Waals surface area contributed by atoms with E-state index in [2.05, 4.69) is 89.1 Å². The summed E-state index contributed by atoms with van der Waals surface area (Å²) in [4.78, 5) is 4.48. The SMILES string of the molecule is Cc1cccc(CNc2cnnc(Nc3cc(C)ccc3C)n2)c1. The van der Waals surface area contributed by atoms with Crippen LogP contribution in [0.4, 0.5) is 17.5 Å². The first-order chi connectivity index (χ1) is 11.6. The number of benzene rings is 2. The van der Waals surface area contributed by atoms with Gasteiger partial charge in [-0.1, -0.05) is 42.0 Å². The zero-order chi connectivity index (χ0) is 16.9. The molecule has 122 valence electrons. The molecule has 2 aromatic carbocycles. The number of aryl methyl sites for hydroxylation is 3. The zero-order valence-corrected chi connectivity index (χ0v) is 14.2. The predicted octanol–water partition coefficient (Wildman–Crippen LogP) is 4.15. The highest BCUT2D eigenvalue weighted by Crippen LogP contribution is 2.20. The van der Waals surface area contributed by atoms with Gasteiger partial charge >= 0.3 is 0 Å². The molecule has 5 nitrogen and oxygen atoms in total. The van der Waals surface area contributed by atoms with E-state index in [1.165, 1.54) is 16.7 Å². The molecule has 0 amide bonds. The molecule has 2 N–H and O–H groups in total. The highest BCUT2D eigenvalue weighted by Gasteiger charge is 2.04. The predicted molar refractivity (Wildman–Crippen MR) is 97.5 cm³/mol. The van der Waals surface area contributed by atoms with Crippen molar-refractivity contribution in [2.24, 2.45) is 0 Å². The number of hydrogen-bond donors (Lipinski definition) is 2. The van der Waals surface area contributed by atoms with Gasteiger partial charge in [0.2, 0.25) is 5.95 Å². The molecular weight excluding hydrogens is 298 g/mol. The third-order valence-electron chi connectivity index (χ3n) is 3.75. The van der Waals surface area contributed by atoms with E-state index in [0.29, 0.717) is 18.3 Å². The second kappa shape index (κ2) is 7.08. The van der Waals surface area contributed by atoms with Gasteiger partial charge in [0.05, 0.1) is 6.20 Å². The maximum atomic E-state index is 4.48. The molecule has 0 radical (unpaired) electrons. The molecule has 0 spiro atoms. The Morgan fingerprint density at radius 3 is 2.62 bits per heavy atom. The van der Waals surface area contributed by atoms with Gasteiger partial charge < -0.3 is 10.6 Å². The van der Waals surface area contributed by atoms with Crippen LogP contribution in [0, 0.1) is 20.8 Å². The van der Waals surface area contributed by atoms with Crippen LogP contribution in [0.1, 0.15) is 22.3 Å². The topological polar surface area (TPSA) is 62.7 Å². The molecule has 0 unspecified atom stereocenters. The molecule has 0 aliphatic rings. The zero-order valence-electron chi connectivity index (χ0n) is 14.2. The van der Waals surface area contributed by atoms with E-state index in [0.717, 1.165) is 11.3 Å². The first kappa shape index (κ1) is 15.9. The molecule has 0 saturated heterocycles. The lowest BCUT2D eigenvalue weighted by molar-refractivity contribution is 0.965. The van der Waals surface area contributed by atoms with Gasteiger partial charge in [-0.2, -0.15) is 10.1 Å². The largest absolute Gasteiger partial charge is 0.365 e. The molecule has 5 heteroatoms. The molecule has 1 heterocycles. The lowest BCUT2D eigenvalue weighted by Crippen LogP contribution is -2.06. The summed E-state index contributed by atoms with van der Waals surface area (Å²) in [6, 6.07) is 14.6. The van der Waals surface area contributed by atoms with Gasteiger partial charge in [-0.25, -0.2) is 0 Å². The Morgan fingerprint density at radius 1 is 0.958 bits per heavy atom. The van der Waals surface area contributed by atoms with E-state index in [-0.39, 0.29) is 0 Å². The van der Waals surface area contributed by atoms with Crippen molar-refractivity contribution in [3.05, 3.63) is 70.9 Å². The lowest BCUT2D eigenvalue weighted by atomic mass is 10.1. The quantitative estimate of drug-likeness (QED) is 0.739. The first-order valence-electron chi connectivity index (χ1n) is 7.93. The second-order valence-corrected chi connectivity index (χ2v) is 5.95. The van der Waals surface area contributed by atoms with E-state index in [1.54, 1.807) is 6.20 Å². The van der Waals surface area contributed by atoms with Crippen LogP contribution in [-0.4, -0.2) is 15.2 Å². The molecule has 0 aliphatic carbocycles. The molecule has 1 aromatic heterocycles. The number of anilines is 3. The minimum atomic E-state index is 0.484. The fourth-order valence-corrected chi connectivity index (χ4v) is 2.45. The monoisotopic (exact) mass is 319 g/mol. The summed E-state index contributed by atoms with van der Waals surface area (Å²) in [6.07, 6.45) is 1.63. The molecule has 24 heavy (non-hydrogen) atoms. The molecule has 3 rings (SSSR count). The van der Waals surface area contributed by atoms with Crippen LogP contribution in [0.2, 0.25) is 0 Å². The van der Waals surface area contributed by atoms with Crippen LogP contribution in [0.5, 0.6) is 0 Å². The Hall–Kier alpha value is -2.95. The molecule has 0 bridgehead atoms. The summed E-state index contributed by atoms with van der Waals surface area (Å²) in [5.74, 6) is 1.18. The minimum Gasteiger partial charge on any atom is -0.365 e. The van der Waals surface area contributed by atoms with Crippen LogP contribution in [0.3, 0.4) is 0 Å². The average molecular weight is 319 g/mol. The second-order valence-electron chi connectivity index (χ2n) is 5.95. The number of nitrogens with zero attached hydrogens (tertiary/aromatic N) is 3. The fraction of sp³-hybridized carbons (Fsp3) is 0.211. The maximum absolute atomic E-state index is 4.48. The van der Waals surface area contributed by atoms with Crippen molar-refractivity contribution < 1.29 is 0 Å². The number of aromatic nitrogens is 3. The van der Waals surface area contributed by atoms with Crippen molar-refractivity contribution in [2.75, 3.05) is 10.6 Å². The van der Waals surface area contributed by atoms with E-state index >= 15 is 0 Å². The fourth-order valence-electron chi connectivity index (χ4n) is 2.45. The maximum Gasteiger partial charge on any atom is 0.249 e. The van der Waals surface area contributed by atoms with E-state index < -0.39 is 0 Å². The lowest BCUT2D eigenvalue weighted by Gasteiger charge is -2.10. The molecular formula is C19H21N5. The van der Waals surface area contributed by atoms with Crippen LogP contribution >= 0.6 is 0 Å². The normalized spacial score (nSPS) is 10.5. The highest BCUT2D eigenvalue weighted by molar-refractivity contribution is 5.59. The summed E-state index contributed by atoms with van der Waals surface area (Å²) in [5, 5.41) is 14.6. The Balaban J connectivity index is 1.71. The molecule has 3 aromatic rings. The van der Waals surface area contributed by atoms with Gasteiger partial charge in [-0.15, -0.1) is 5.10 Å². The standard InChI is InChI=1S/C19H21N5/c1-13-5-4-6-16(9-13)11-20-18-12-21-24-19(23-18)22-17-10-14(2)7-8-15(17)3/h4-10,12H,11H2,1-3H3,(H2,20,22,23,24). The Bertz CT molecular complexity index is 845. The van der Waals surface area contributed by atoms with Crippen molar-refractivity contribution in [3.8, 4) is 0 Å². The molecule has 0 fully saturated rings. The van der Waals surface area contributed by atoms with Crippen molar-refractivity contribution >= 4 is 17.5 Å². The van der Waals surface area contributed by atoms with E-state index in [1.807, 2.05) is 0 Å². The van der Waals surface area contributed by atoms with Gasteiger partial charge in [0.25, 0.3) is 0 Å². The Kier molecular flexibility index (Phi) is 4.70. The third-order valence-corrected chi connectivity index (χ3v) is 3.75. The van der Waals surface area contributed by atoms with Crippen LogP contribution < -0.4 is 10.6 Å². The number of hydrogen-bond acceptors (Lipinski definition) is 5. The summed E-state index contributed by atoms with van der Waals surface area (Å²) in [5.41, 5.74) is 5.77. The molecule has 0 saturated carbocycles. The number of rotatable bonds is 5. The third kappa shape index (κ3) is 4.07. The van der Waals surface area contributed by atoms with Crippen molar-refractivity contribution in [2.45, 2.75) is 27.3 Å². The van der Waals surface area contributed by atoms with Crippen molar-refractivity contribution in [3.63, 3.8) is 0 Å². The summed E-state index contributed by atoms with van der Waals surface area (Å²) >= 11 is 0. The molecule has 0 aliphatic heterocycles. The summed E-state index contributed by atoms with van der Waals surface area (Å²) in [6.45, 7) is 6.89. The smallest absolute Gasteiger partial charge is 0.249 e. The van der Waals surface area contributed by atoms with Crippen LogP contribution in [-0.2, 0) is 6.54 Å². The van der Waals surface area contributed by atoms with Crippen LogP contribution in [0.15, 0.2) is 48.7 Å². The van der Waals surface area contributed by atoms with Gasteiger partial charge in [0.1, 0.15) is 0 Å². The Morgan fingerprint density at radius 2 is 1.79 bits per heavy atom. The van der Waals surface area contributed by atoms with Crippen LogP contribution in [0.25, 0.3) is 0 Å². The average Bonchev–Trinajstić information content (AvgIpc) is 2.57. The summed E-state index contributed by atoms with van der Waals surface area (Å²) in [7, 11) is 0. The Labute approximate surface area is 142 Å². The van der Waals surface area contributed by atoms with Gasteiger partial charge in [0, 0.05) is 12.2 Å². The summed E-state index contributed by atoms with van der Waals surface area (Å²) < 4.78 is 0. The van der Waals surface area contributed by atoms with Crippen molar-refractivity contribution in [1.29, 1.82) is 0 Å².